The number of piperidine rings is 1. The third-order valence-corrected chi connectivity index (χ3v) is 8.81. The molecule has 2 N–H and O–H groups in total. The zero-order chi connectivity index (χ0) is 26.9. The quantitative estimate of drug-likeness (QED) is 0.360. The predicted octanol–water partition coefficient (Wildman–Crippen LogP) is 3.14. The van der Waals surface area contributed by atoms with Gasteiger partial charge in [-0.1, -0.05) is 42.5 Å². The van der Waals surface area contributed by atoms with Gasteiger partial charge in [-0.25, -0.2) is 17.9 Å². The summed E-state index contributed by atoms with van der Waals surface area (Å²) in [5.74, 6) is 0. The standard InChI is InChI=1S/C28H33N5O4S/c1-3-32-25-18-24(29-26(25)27(34)33(4-2)28(32)35)21-10-12-23(13-11-21)38(36,37)30-22-14-16-31(17-15-22)19-20-8-6-5-7-9-20/h5-13,18,22,29-30H,3-4,14-17,19H2,1-2H3. The van der Waals surface area contributed by atoms with Gasteiger partial charge in [0, 0.05) is 44.5 Å². The minimum absolute atomic E-state index is 0.105. The molecule has 2 aromatic carbocycles. The highest BCUT2D eigenvalue weighted by Gasteiger charge is 2.25. The Bertz CT molecular complexity index is 1650. The molecule has 1 aliphatic heterocycles. The fourth-order valence-corrected chi connectivity index (χ4v) is 6.49. The number of H-pyrrole nitrogens is 1. The molecular formula is C28H33N5O4S. The van der Waals surface area contributed by atoms with E-state index in [4.69, 9.17) is 0 Å². The van der Waals surface area contributed by atoms with Crippen LogP contribution >= 0.6 is 0 Å². The van der Waals surface area contributed by atoms with E-state index in [1.165, 1.54) is 10.1 Å². The molecule has 200 valence electrons. The number of aryl methyl sites for hydroxylation is 1. The van der Waals surface area contributed by atoms with Crippen molar-refractivity contribution in [2.75, 3.05) is 13.1 Å². The average molecular weight is 536 g/mol. The van der Waals surface area contributed by atoms with Gasteiger partial charge in [-0.2, -0.15) is 0 Å². The number of fused-ring (bicyclic) bond motifs is 1. The average Bonchev–Trinajstić information content (AvgIpc) is 3.36. The second kappa shape index (κ2) is 10.7. The van der Waals surface area contributed by atoms with Crippen molar-refractivity contribution in [1.29, 1.82) is 0 Å². The summed E-state index contributed by atoms with van der Waals surface area (Å²) < 4.78 is 31.8. The van der Waals surface area contributed by atoms with Gasteiger partial charge in [0.1, 0.15) is 5.52 Å². The molecule has 38 heavy (non-hydrogen) atoms. The highest BCUT2D eigenvalue weighted by atomic mass is 32.2. The minimum Gasteiger partial charge on any atom is -0.349 e. The van der Waals surface area contributed by atoms with E-state index in [1.807, 2.05) is 25.1 Å². The molecule has 0 saturated carbocycles. The summed E-state index contributed by atoms with van der Waals surface area (Å²) in [6, 6.07) is 18.5. The van der Waals surface area contributed by atoms with Gasteiger partial charge in [-0.3, -0.25) is 18.8 Å². The Labute approximate surface area is 221 Å². The van der Waals surface area contributed by atoms with Crippen LogP contribution in [-0.2, 0) is 29.7 Å². The van der Waals surface area contributed by atoms with Gasteiger partial charge in [0.25, 0.3) is 5.56 Å². The second-order valence-corrected chi connectivity index (χ2v) is 11.4. The molecule has 9 nitrogen and oxygen atoms in total. The van der Waals surface area contributed by atoms with Crippen LogP contribution in [0.15, 0.2) is 75.1 Å². The lowest BCUT2D eigenvalue weighted by Crippen LogP contribution is -2.44. The normalized spacial score (nSPS) is 15.3. The maximum absolute atomic E-state index is 13.1. The van der Waals surface area contributed by atoms with Crippen LogP contribution in [0.3, 0.4) is 0 Å². The van der Waals surface area contributed by atoms with E-state index >= 15 is 0 Å². The molecule has 1 fully saturated rings. The van der Waals surface area contributed by atoms with Crippen LogP contribution < -0.4 is 16.0 Å². The summed E-state index contributed by atoms with van der Waals surface area (Å²) in [4.78, 5) is 31.2. The molecule has 5 rings (SSSR count). The molecule has 1 aliphatic rings. The SMILES string of the molecule is CCn1c(=O)c2[nH]c(-c3ccc(S(=O)(=O)NC4CCN(Cc5ccccc5)CC4)cc3)cc2n(CC)c1=O. The monoisotopic (exact) mass is 535 g/mol. The number of hydrogen-bond acceptors (Lipinski definition) is 5. The van der Waals surface area contributed by atoms with E-state index in [0.717, 1.165) is 38.0 Å². The third kappa shape index (κ3) is 5.11. The third-order valence-electron chi connectivity index (χ3n) is 7.27. The molecule has 0 atom stereocenters. The summed E-state index contributed by atoms with van der Waals surface area (Å²) in [5.41, 5.74) is 2.84. The molecule has 2 aromatic heterocycles. The number of nitrogens with one attached hydrogen (secondary N) is 2. The van der Waals surface area contributed by atoms with E-state index in [0.29, 0.717) is 23.3 Å². The van der Waals surface area contributed by atoms with Crippen molar-refractivity contribution in [3.05, 3.63) is 87.1 Å². The molecule has 0 amide bonds. The fourth-order valence-electron chi connectivity index (χ4n) is 5.18. The smallest absolute Gasteiger partial charge is 0.331 e. The maximum Gasteiger partial charge on any atom is 0.331 e. The molecule has 0 aliphatic carbocycles. The molecule has 4 aromatic rings. The highest BCUT2D eigenvalue weighted by molar-refractivity contribution is 7.89. The van der Waals surface area contributed by atoms with E-state index in [-0.39, 0.29) is 28.7 Å². The van der Waals surface area contributed by atoms with Crippen LogP contribution in [-0.4, -0.2) is 46.6 Å². The Morgan fingerprint density at radius 1 is 0.921 bits per heavy atom. The molecule has 3 heterocycles. The topological polar surface area (TPSA) is 109 Å². The zero-order valence-corrected chi connectivity index (χ0v) is 22.5. The van der Waals surface area contributed by atoms with Gasteiger partial charge >= 0.3 is 5.69 Å². The first kappa shape index (κ1) is 26.1. The maximum atomic E-state index is 13.1. The van der Waals surface area contributed by atoms with Gasteiger partial charge in [0.05, 0.1) is 10.4 Å². The largest absolute Gasteiger partial charge is 0.349 e. The minimum atomic E-state index is -3.67. The Morgan fingerprint density at radius 3 is 2.21 bits per heavy atom. The lowest BCUT2D eigenvalue weighted by molar-refractivity contribution is 0.200. The Hall–Kier alpha value is -3.47. The Balaban J connectivity index is 1.29. The van der Waals surface area contributed by atoms with Crippen LogP contribution in [0.2, 0.25) is 0 Å². The molecule has 0 bridgehead atoms. The number of rotatable bonds is 8. The lowest BCUT2D eigenvalue weighted by atomic mass is 10.1. The van der Waals surface area contributed by atoms with Gasteiger partial charge in [-0.15, -0.1) is 0 Å². The summed E-state index contributed by atoms with van der Waals surface area (Å²) in [7, 11) is -3.67. The predicted molar refractivity (Wildman–Crippen MR) is 149 cm³/mol. The van der Waals surface area contributed by atoms with Crippen LogP contribution in [0.1, 0.15) is 32.3 Å². The summed E-state index contributed by atoms with van der Waals surface area (Å²) >= 11 is 0. The molecule has 1 saturated heterocycles. The first-order valence-corrected chi connectivity index (χ1v) is 14.5. The van der Waals surface area contributed by atoms with Gasteiger partial charge in [-0.05, 0) is 56.0 Å². The number of nitrogens with zero attached hydrogens (tertiary/aromatic N) is 3. The zero-order valence-electron chi connectivity index (χ0n) is 21.7. The first-order valence-electron chi connectivity index (χ1n) is 13.1. The Morgan fingerprint density at radius 2 is 1.58 bits per heavy atom. The number of likely N-dealkylation sites (tertiary alicyclic amines) is 1. The molecule has 0 spiro atoms. The highest BCUT2D eigenvalue weighted by Crippen LogP contribution is 2.24. The second-order valence-electron chi connectivity index (χ2n) is 9.70. The summed E-state index contributed by atoms with van der Waals surface area (Å²) in [5, 5.41) is 0. The number of aromatic amines is 1. The number of hydrogen-bond donors (Lipinski definition) is 2. The molecule has 10 heteroatoms. The molecule has 0 radical (unpaired) electrons. The van der Waals surface area contributed by atoms with Crippen LogP contribution in [0.5, 0.6) is 0 Å². The van der Waals surface area contributed by atoms with E-state index in [1.54, 1.807) is 41.8 Å². The summed E-state index contributed by atoms with van der Waals surface area (Å²) in [6.07, 6.45) is 1.52. The van der Waals surface area contributed by atoms with Crippen molar-refractivity contribution in [2.45, 2.75) is 57.3 Å². The van der Waals surface area contributed by atoms with Gasteiger partial charge in [0.2, 0.25) is 10.0 Å². The van der Waals surface area contributed by atoms with E-state index in [9.17, 15) is 18.0 Å². The van der Waals surface area contributed by atoms with Crippen molar-refractivity contribution in [2.24, 2.45) is 0 Å². The summed E-state index contributed by atoms with van der Waals surface area (Å²) in [6.45, 7) is 6.89. The molecular weight excluding hydrogens is 502 g/mol. The first-order chi connectivity index (χ1) is 18.3. The van der Waals surface area contributed by atoms with Crippen molar-refractivity contribution >= 4 is 21.1 Å². The van der Waals surface area contributed by atoms with Crippen molar-refractivity contribution in [1.82, 2.24) is 23.7 Å². The van der Waals surface area contributed by atoms with Crippen LogP contribution in [0.4, 0.5) is 0 Å². The van der Waals surface area contributed by atoms with Crippen LogP contribution in [0.25, 0.3) is 22.3 Å². The number of benzene rings is 2. The van der Waals surface area contributed by atoms with Gasteiger partial charge in [0.15, 0.2) is 0 Å². The van der Waals surface area contributed by atoms with E-state index in [2.05, 4.69) is 26.7 Å². The van der Waals surface area contributed by atoms with Crippen molar-refractivity contribution in [3.63, 3.8) is 0 Å². The van der Waals surface area contributed by atoms with E-state index < -0.39 is 10.0 Å². The van der Waals surface area contributed by atoms with Gasteiger partial charge < -0.3 is 4.98 Å². The lowest BCUT2D eigenvalue weighted by Gasteiger charge is -2.32. The Kier molecular flexibility index (Phi) is 7.38. The number of sulfonamides is 1. The molecule has 0 unspecified atom stereocenters. The fraction of sp³-hybridized carbons (Fsp3) is 0.357. The van der Waals surface area contributed by atoms with Crippen molar-refractivity contribution in [3.8, 4) is 11.3 Å². The van der Waals surface area contributed by atoms with Crippen molar-refractivity contribution < 1.29 is 8.42 Å². The number of aromatic nitrogens is 3. The van der Waals surface area contributed by atoms with Crippen LogP contribution in [0, 0.1) is 0 Å².